The van der Waals surface area contributed by atoms with Crippen LogP contribution in [0, 0.1) is 27.7 Å². The molecule has 0 fully saturated rings. The molecule has 0 spiro atoms. The van der Waals surface area contributed by atoms with Crippen molar-refractivity contribution >= 4 is 23.5 Å². The number of aromatic nitrogens is 2. The van der Waals surface area contributed by atoms with Crippen LogP contribution >= 0.6 is 11.6 Å². The van der Waals surface area contributed by atoms with Gasteiger partial charge in [0.25, 0.3) is 5.56 Å². The number of nitrogens with one attached hydrogen (secondary N) is 1. The van der Waals surface area contributed by atoms with Crippen molar-refractivity contribution in [3.05, 3.63) is 79.7 Å². The first-order chi connectivity index (χ1) is 11.9. The van der Waals surface area contributed by atoms with Crippen molar-refractivity contribution in [3.63, 3.8) is 0 Å². The first kappa shape index (κ1) is 17.2. The Balaban J connectivity index is 2.01. The van der Waals surface area contributed by atoms with Crippen molar-refractivity contribution in [2.24, 2.45) is 4.99 Å². The zero-order chi connectivity index (χ0) is 18.1. The minimum Gasteiger partial charge on any atom is -0.295 e. The number of rotatable bonds is 3. The Labute approximate surface area is 151 Å². The number of H-pyrrole nitrogens is 1. The minimum atomic E-state index is -0.147. The Bertz CT molecular complexity index is 1030. The molecule has 5 heteroatoms. The Morgan fingerprint density at radius 2 is 1.80 bits per heavy atom. The van der Waals surface area contributed by atoms with Gasteiger partial charge in [-0.2, -0.15) is 0 Å². The van der Waals surface area contributed by atoms with Gasteiger partial charge in [0.05, 0.1) is 16.9 Å². The summed E-state index contributed by atoms with van der Waals surface area (Å²) >= 11 is 6.18. The molecule has 1 aromatic heterocycles. The maximum atomic E-state index is 12.7. The number of aryl methyl sites for hydroxylation is 4. The molecule has 0 saturated carbocycles. The van der Waals surface area contributed by atoms with Crippen LogP contribution in [0.2, 0.25) is 5.02 Å². The number of aromatic amines is 1. The molecule has 0 saturated heterocycles. The SMILES string of the molecule is Cc1ccc(N=Cc2c(C)[nH]n(-c3ccc(C)c(Cl)c3)c2=O)c(C)c1. The summed E-state index contributed by atoms with van der Waals surface area (Å²) < 4.78 is 1.49. The maximum Gasteiger partial charge on any atom is 0.280 e. The summed E-state index contributed by atoms with van der Waals surface area (Å²) in [5, 5.41) is 3.72. The van der Waals surface area contributed by atoms with Gasteiger partial charge in [-0.1, -0.05) is 35.4 Å². The summed E-state index contributed by atoms with van der Waals surface area (Å²) in [5.74, 6) is 0. The van der Waals surface area contributed by atoms with E-state index in [-0.39, 0.29) is 5.56 Å². The van der Waals surface area contributed by atoms with E-state index in [1.165, 1.54) is 10.2 Å². The molecule has 0 atom stereocenters. The Morgan fingerprint density at radius 3 is 2.48 bits per heavy atom. The van der Waals surface area contributed by atoms with Gasteiger partial charge in [-0.05, 0) is 57.0 Å². The second-order valence-corrected chi connectivity index (χ2v) is 6.68. The normalized spacial score (nSPS) is 11.4. The molecule has 0 bridgehead atoms. The zero-order valence-electron chi connectivity index (χ0n) is 14.7. The van der Waals surface area contributed by atoms with Crippen molar-refractivity contribution in [1.82, 2.24) is 9.78 Å². The lowest BCUT2D eigenvalue weighted by molar-refractivity contribution is 0.835. The standard InChI is InChI=1S/C20H20ClN3O/c1-12-5-8-19(14(3)9-12)22-11-17-15(4)23-24(20(17)25)16-7-6-13(2)18(21)10-16/h5-11,23H,1-4H3. The number of halogens is 1. The summed E-state index contributed by atoms with van der Waals surface area (Å²) in [4.78, 5) is 17.2. The molecule has 3 rings (SSSR count). The summed E-state index contributed by atoms with van der Waals surface area (Å²) in [6.07, 6.45) is 1.62. The maximum absolute atomic E-state index is 12.7. The lowest BCUT2D eigenvalue weighted by Crippen LogP contribution is -2.17. The molecule has 3 aromatic rings. The molecule has 1 N–H and O–H groups in total. The number of nitrogens with zero attached hydrogens (tertiary/aromatic N) is 2. The lowest BCUT2D eigenvalue weighted by atomic mass is 10.1. The van der Waals surface area contributed by atoms with E-state index in [1.54, 1.807) is 12.3 Å². The van der Waals surface area contributed by atoms with Gasteiger partial charge in [-0.15, -0.1) is 0 Å². The largest absolute Gasteiger partial charge is 0.295 e. The predicted molar refractivity (Wildman–Crippen MR) is 104 cm³/mol. The fourth-order valence-electron chi connectivity index (χ4n) is 2.70. The third-order valence-electron chi connectivity index (χ3n) is 4.22. The molecular formula is C20H20ClN3O. The van der Waals surface area contributed by atoms with Gasteiger partial charge in [-0.3, -0.25) is 14.9 Å². The highest BCUT2D eigenvalue weighted by Gasteiger charge is 2.11. The average Bonchev–Trinajstić information content (AvgIpc) is 2.84. The molecular weight excluding hydrogens is 334 g/mol. The highest BCUT2D eigenvalue weighted by atomic mass is 35.5. The van der Waals surface area contributed by atoms with E-state index in [4.69, 9.17) is 11.6 Å². The van der Waals surface area contributed by atoms with E-state index in [9.17, 15) is 4.79 Å². The van der Waals surface area contributed by atoms with Gasteiger partial charge in [0.15, 0.2) is 0 Å². The fourth-order valence-corrected chi connectivity index (χ4v) is 2.87. The van der Waals surface area contributed by atoms with E-state index in [0.717, 1.165) is 22.5 Å². The van der Waals surface area contributed by atoms with Crippen LogP contribution in [-0.2, 0) is 0 Å². The van der Waals surface area contributed by atoms with Gasteiger partial charge >= 0.3 is 0 Å². The number of hydrogen-bond donors (Lipinski definition) is 1. The number of hydrogen-bond acceptors (Lipinski definition) is 2. The third-order valence-corrected chi connectivity index (χ3v) is 4.62. The average molecular weight is 354 g/mol. The molecule has 0 radical (unpaired) electrons. The minimum absolute atomic E-state index is 0.147. The van der Waals surface area contributed by atoms with E-state index in [0.29, 0.717) is 16.3 Å². The summed E-state index contributed by atoms with van der Waals surface area (Å²) in [5.41, 5.74) is 5.95. The zero-order valence-corrected chi connectivity index (χ0v) is 15.5. The second-order valence-electron chi connectivity index (χ2n) is 6.27. The molecule has 0 aliphatic carbocycles. The molecule has 2 aromatic carbocycles. The monoisotopic (exact) mass is 353 g/mol. The molecule has 4 nitrogen and oxygen atoms in total. The molecule has 0 aliphatic rings. The molecule has 25 heavy (non-hydrogen) atoms. The molecule has 1 heterocycles. The van der Waals surface area contributed by atoms with Crippen molar-refractivity contribution in [1.29, 1.82) is 0 Å². The topological polar surface area (TPSA) is 50.1 Å². The van der Waals surface area contributed by atoms with E-state index in [1.807, 2.05) is 52.0 Å². The summed E-state index contributed by atoms with van der Waals surface area (Å²) in [6.45, 7) is 7.84. The van der Waals surface area contributed by atoms with E-state index in [2.05, 4.69) is 16.2 Å². The van der Waals surface area contributed by atoms with Crippen molar-refractivity contribution < 1.29 is 0 Å². The third kappa shape index (κ3) is 3.44. The van der Waals surface area contributed by atoms with Gasteiger partial charge in [-0.25, -0.2) is 4.68 Å². The fraction of sp³-hybridized carbons (Fsp3) is 0.200. The number of benzene rings is 2. The van der Waals surface area contributed by atoms with Gasteiger partial charge < -0.3 is 0 Å². The van der Waals surface area contributed by atoms with Gasteiger partial charge in [0.2, 0.25) is 0 Å². The quantitative estimate of drug-likeness (QED) is 0.675. The van der Waals surface area contributed by atoms with Crippen molar-refractivity contribution in [2.75, 3.05) is 0 Å². The van der Waals surface area contributed by atoms with Crippen LogP contribution in [0.25, 0.3) is 5.69 Å². The molecule has 0 aliphatic heterocycles. The van der Waals surface area contributed by atoms with Crippen LogP contribution in [0.4, 0.5) is 5.69 Å². The van der Waals surface area contributed by atoms with Crippen LogP contribution in [0.15, 0.2) is 46.2 Å². The van der Waals surface area contributed by atoms with Crippen LogP contribution in [0.5, 0.6) is 0 Å². The predicted octanol–water partition coefficient (Wildman–Crippen LogP) is 4.80. The van der Waals surface area contributed by atoms with E-state index >= 15 is 0 Å². The van der Waals surface area contributed by atoms with Crippen molar-refractivity contribution in [3.8, 4) is 5.69 Å². The van der Waals surface area contributed by atoms with Crippen LogP contribution < -0.4 is 5.56 Å². The Kier molecular flexibility index (Phi) is 4.64. The highest BCUT2D eigenvalue weighted by Crippen LogP contribution is 2.20. The second kappa shape index (κ2) is 6.73. The van der Waals surface area contributed by atoms with Gasteiger partial charge in [0.1, 0.15) is 0 Å². The van der Waals surface area contributed by atoms with E-state index < -0.39 is 0 Å². The lowest BCUT2D eigenvalue weighted by Gasteiger charge is -2.04. The van der Waals surface area contributed by atoms with Crippen LogP contribution in [0.3, 0.4) is 0 Å². The smallest absolute Gasteiger partial charge is 0.280 e. The van der Waals surface area contributed by atoms with Crippen LogP contribution in [-0.4, -0.2) is 16.0 Å². The van der Waals surface area contributed by atoms with Gasteiger partial charge in [0, 0.05) is 16.9 Å². The Morgan fingerprint density at radius 1 is 1.04 bits per heavy atom. The Hall–Kier alpha value is -2.59. The molecule has 0 amide bonds. The van der Waals surface area contributed by atoms with Crippen LogP contribution in [0.1, 0.15) is 27.9 Å². The summed E-state index contributed by atoms with van der Waals surface area (Å²) in [7, 11) is 0. The first-order valence-corrected chi connectivity index (χ1v) is 8.44. The van der Waals surface area contributed by atoms with Crippen molar-refractivity contribution in [2.45, 2.75) is 27.7 Å². The summed E-state index contributed by atoms with van der Waals surface area (Å²) in [6, 6.07) is 11.6. The molecule has 128 valence electrons. The number of aliphatic imine (C=N–C) groups is 1. The molecule has 0 unspecified atom stereocenters. The highest BCUT2D eigenvalue weighted by molar-refractivity contribution is 6.31. The first-order valence-electron chi connectivity index (χ1n) is 8.06.